The highest BCUT2D eigenvalue weighted by atomic mass is 16.5. The summed E-state index contributed by atoms with van der Waals surface area (Å²) in [5.74, 6) is -0.277. The van der Waals surface area contributed by atoms with E-state index >= 15 is 0 Å². The first kappa shape index (κ1) is 20.7. The molecular weight excluding hydrogens is 338 g/mol. The van der Waals surface area contributed by atoms with E-state index in [-0.39, 0.29) is 11.7 Å². The second-order valence-corrected chi connectivity index (χ2v) is 6.46. The molecule has 27 heavy (non-hydrogen) atoms. The number of hydrogen-bond donors (Lipinski definition) is 1. The van der Waals surface area contributed by atoms with Gasteiger partial charge in [-0.25, -0.2) is 0 Å². The van der Waals surface area contributed by atoms with Gasteiger partial charge in [0.05, 0.1) is 0 Å². The van der Waals surface area contributed by atoms with Crippen LogP contribution < -0.4 is 10.1 Å². The fourth-order valence-corrected chi connectivity index (χ4v) is 3.15. The summed E-state index contributed by atoms with van der Waals surface area (Å²) in [5.41, 5.74) is 1.66. The van der Waals surface area contributed by atoms with E-state index < -0.39 is 5.91 Å². The second-order valence-electron chi connectivity index (χ2n) is 6.46. The number of nitrogens with one attached hydrogen (secondary N) is 1. The average Bonchev–Trinajstić information content (AvgIpc) is 2.75. The predicted molar refractivity (Wildman–Crippen MR) is 109 cm³/mol. The zero-order valence-corrected chi connectivity index (χ0v) is 16.2. The first-order valence-electron chi connectivity index (χ1n) is 9.84. The highest BCUT2D eigenvalue weighted by Crippen LogP contribution is 2.25. The van der Waals surface area contributed by atoms with Crippen LogP contribution in [0.25, 0.3) is 0 Å². The number of rotatable bonds is 6. The molecule has 0 aliphatic heterocycles. The molecule has 1 aliphatic rings. The van der Waals surface area contributed by atoms with Gasteiger partial charge in [0.1, 0.15) is 12.4 Å². The topological polar surface area (TPSA) is 55.4 Å². The lowest BCUT2D eigenvalue weighted by atomic mass is 9.86. The van der Waals surface area contributed by atoms with Crippen molar-refractivity contribution in [1.82, 2.24) is 0 Å². The van der Waals surface area contributed by atoms with Gasteiger partial charge >= 0.3 is 0 Å². The van der Waals surface area contributed by atoms with Crippen LogP contribution in [0.5, 0.6) is 5.75 Å². The van der Waals surface area contributed by atoms with Gasteiger partial charge in [-0.05, 0) is 30.5 Å². The van der Waals surface area contributed by atoms with Crippen LogP contribution in [0.2, 0.25) is 0 Å². The van der Waals surface area contributed by atoms with Gasteiger partial charge in [-0.15, -0.1) is 0 Å². The molecular formula is C23H29NO3. The van der Waals surface area contributed by atoms with Crippen molar-refractivity contribution in [2.24, 2.45) is 5.92 Å². The van der Waals surface area contributed by atoms with Gasteiger partial charge in [-0.2, -0.15) is 0 Å². The Hall–Kier alpha value is -2.62. The minimum atomic E-state index is -0.521. The molecule has 0 atom stereocenters. The molecule has 3 rings (SSSR count). The third-order valence-corrected chi connectivity index (χ3v) is 4.54. The van der Waals surface area contributed by atoms with Crippen molar-refractivity contribution in [3.63, 3.8) is 0 Å². The number of carbonyl (C=O) groups excluding carboxylic acids is 2. The number of carbonyl (C=O) groups is 2. The molecule has 144 valence electrons. The van der Waals surface area contributed by atoms with Gasteiger partial charge in [0.25, 0.3) is 5.91 Å². The lowest BCUT2D eigenvalue weighted by Crippen LogP contribution is -2.30. The van der Waals surface area contributed by atoms with E-state index in [2.05, 4.69) is 5.32 Å². The van der Waals surface area contributed by atoms with E-state index in [0.29, 0.717) is 18.0 Å². The van der Waals surface area contributed by atoms with Crippen molar-refractivity contribution >= 4 is 17.4 Å². The van der Waals surface area contributed by atoms with E-state index in [9.17, 15) is 9.59 Å². The molecule has 2 aromatic carbocycles. The van der Waals surface area contributed by atoms with Crippen molar-refractivity contribution in [3.8, 4) is 5.75 Å². The standard InChI is InChI=1S/C21H23NO3.C2H6/c23-20(17-10-5-2-6-11-17)21(24)22-18-12-7-13-19(14-18)25-15-16-8-3-1-4-9-16;1-2/h1,3-4,7-9,12-14,17H,2,5-6,10-11,15H2,(H,22,24);1-2H3. The molecule has 1 fully saturated rings. The largest absolute Gasteiger partial charge is 0.489 e. The van der Waals surface area contributed by atoms with Gasteiger partial charge in [-0.3, -0.25) is 9.59 Å². The summed E-state index contributed by atoms with van der Waals surface area (Å²) < 4.78 is 5.75. The summed E-state index contributed by atoms with van der Waals surface area (Å²) in [6.45, 7) is 4.46. The summed E-state index contributed by atoms with van der Waals surface area (Å²) in [7, 11) is 0. The Morgan fingerprint density at radius 1 is 0.963 bits per heavy atom. The number of ketones is 1. The van der Waals surface area contributed by atoms with Crippen LogP contribution in [0, 0.1) is 5.92 Å². The third-order valence-electron chi connectivity index (χ3n) is 4.54. The normalized spacial score (nSPS) is 13.9. The first-order chi connectivity index (χ1) is 13.2. The lowest BCUT2D eigenvalue weighted by molar-refractivity contribution is -0.137. The monoisotopic (exact) mass is 367 g/mol. The Kier molecular flexibility index (Phi) is 8.56. The van der Waals surface area contributed by atoms with Gasteiger partial charge in [0, 0.05) is 17.7 Å². The SMILES string of the molecule is CC.O=C(Nc1cccc(OCc2ccccc2)c1)C(=O)C1CCCCC1. The van der Waals surface area contributed by atoms with Crippen LogP contribution in [-0.4, -0.2) is 11.7 Å². The molecule has 1 saturated carbocycles. The van der Waals surface area contributed by atoms with Crippen molar-refractivity contribution in [2.75, 3.05) is 5.32 Å². The Morgan fingerprint density at radius 3 is 2.37 bits per heavy atom. The molecule has 0 bridgehead atoms. The van der Waals surface area contributed by atoms with Gasteiger partial charge in [-0.1, -0.05) is 69.5 Å². The number of Topliss-reactive ketones (excluding diaryl/α,β-unsaturated/α-hetero) is 1. The second kappa shape index (κ2) is 11.2. The van der Waals surface area contributed by atoms with Crippen molar-refractivity contribution in [1.29, 1.82) is 0 Å². The number of hydrogen-bond acceptors (Lipinski definition) is 3. The molecule has 4 nitrogen and oxygen atoms in total. The molecule has 0 heterocycles. The number of anilines is 1. The first-order valence-corrected chi connectivity index (χ1v) is 9.84. The van der Waals surface area contributed by atoms with E-state index in [1.807, 2.05) is 50.2 Å². The smallest absolute Gasteiger partial charge is 0.292 e. The summed E-state index contributed by atoms with van der Waals surface area (Å²) >= 11 is 0. The third kappa shape index (κ3) is 6.55. The van der Waals surface area contributed by atoms with E-state index in [1.54, 1.807) is 18.2 Å². The predicted octanol–water partition coefficient (Wildman–Crippen LogP) is 5.38. The highest BCUT2D eigenvalue weighted by molar-refractivity contribution is 6.41. The van der Waals surface area contributed by atoms with E-state index in [0.717, 1.165) is 37.7 Å². The molecule has 0 spiro atoms. The minimum absolute atomic E-state index is 0.119. The Labute approximate surface area is 161 Å². The van der Waals surface area contributed by atoms with Crippen LogP contribution >= 0.6 is 0 Å². The Morgan fingerprint density at radius 2 is 1.67 bits per heavy atom. The van der Waals surface area contributed by atoms with E-state index in [1.165, 1.54) is 0 Å². The number of amides is 1. The van der Waals surface area contributed by atoms with Crippen LogP contribution in [0.3, 0.4) is 0 Å². The van der Waals surface area contributed by atoms with Crippen molar-refractivity contribution < 1.29 is 14.3 Å². The molecule has 1 aliphatic carbocycles. The fourth-order valence-electron chi connectivity index (χ4n) is 3.15. The maximum Gasteiger partial charge on any atom is 0.292 e. The summed E-state index contributed by atoms with van der Waals surface area (Å²) in [4.78, 5) is 24.5. The fraction of sp³-hybridized carbons (Fsp3) is 0.391. The van der Waals surface area contributed by atoms with Gasteiger partial charge < -0.3 is 10.1 Å². The molecule has 1 N–H and O–H groups in total. The molecule has 1 amide bonds. The van der Waals surface area contributed by atoms with Crippen molar-refractivity contribution in [3.05, 3.63) is 60.2 Å². The molecule has 0 radical (unpaired) electrons. The quantitative estimate of drug-likeness (QED) is 0.697. The molecule has 2 aromatic rings. The maximum atomic E-state index is 12.3. The Bertz CT molecular complexity index is 721. The Balaban J connectivity index is 0.00000126. The van der Waals surface area contributed by atoms with Crippen LogP contribution in [-0.2, 0) is 16.2 Å². The highest BCUT2D eigenvalue weighted by Gasteiger charge is 2.26. The average molecular weight is 367 g/mol. The number of ether oxygens (including phenoxy) is 1. The van der Waals surface area contributed by atoms with Crippen LogP contribution in [0.15, 0.2) is 54.6 Å². The van der Waals surface area contributed by atoms with Crippen LogP contribution in [0.1, 0.15) is 51.5 Å². The lowest BCUT2D eigenvalue weighted by Gasteiger charge is -2.19. The van der Waals surface area contributed by atoms with E-state index in [4.69, 9.17) is 4.74 Å². The van der Waals surface area contributed by atoms with Gasteiger partial charge in [0.2, 0.25) is 5.78 Å². The van der Waals surface area contributed by atoms with Gasteiger partial charge in [0.15, 0.2) is 0 Å². The summed E-state index contributed by atoms with van der Waals surface area (Å²) in [6, 6.07) is 17.0. The summed E-state index contributed by atoms with van der Waals surface area (Å²) in [5, 5.41) is 2.71. The molecule has 0 unspecified atom stereocenters. The maximum absolute atomic E-state index is 12.3. The van der Waals surface area contributed by atoms with Crippen LogP contribution in [0.4, 0.5) is 5.69 Å². The zero-order valence-electron chi connectivity index (χ0n) is 16.2. The summed E-state index contributed by atoms with van der Waals surface area (Å²) in [6.07, 6.45) is 4.88. The molecule has 0 saturated heterocycles. The minimum Gasteiger partial charge on any atom is -0.489 e. The number of benzene rings is 2. The molecule has 4 heteroatoms. The molecule has 0 aromatic heterocycles. The zero-order chi connectivity index (χ0) is 19.5. The van der Waals surface area contributed by atoms with Crippen molar-refractivity contribution in [2.45, 2.75) is 52.6 Å².